The van der Waals surface area contributed by atoms with Gasteiger partial charge in [-0.05, 0) is 25.5 Å². The molecule has 1 rings (SSSR count). The van der Waals surface area contributed by atoms with Crippen LogP contribution in [0.3, 0.4) is 0 Å². The molecular weight excluding hydrogens is 250 g/mol. The zero-order valence-corrected chi connectivity index (χ0v) is 10.7. The number of nitrogens with zero attached hydrogens (tertiary/aromatic N) is 3. The highest BCUT2D eigenvalue weighted by Gasteiger charge is 2.09. The van der Waals surface area contributed by atoms with E-state index in [2.05, 4.69) is 10.2 Å². The maximum atomic E-state index is 11.2. The summed E-state index contributed by atoms with van der Waals surface area (Å²) in [5.41, 5.74) is 0.761. The highest BCUT2D eigenvalue weighted by molar-refractivity contribution is 5.93. The van der Waals surface area contributed by atoms with E-state index < -0.39 is 10.7 Å². The standard InChI is InChI=1S/C12H13N3O4/c1-7-6-10(15(18)19)4-5-11(7)13-14-12(8(2)16)9(3)17/h4-6,16H,1-3H3/b12-8+,14-13?. The molecule has 1 aromatic carbocycles. The van der Waals surface area contributed by atoms with Crippen molar-refractivity contribution in [2.45, 2.75) is 20.8 Å². The van der Waals surface area contributed by atoms with Crippen molar-refractivity contribution in [3.8, 4) is 0 Å². The third kappa shape index (κ3) is 3.70. The number of ketones is 1. The zero-order chi connectivity index (χ0) is 14.6. The van der Waals surface area contributed by atoms with Gasteiger partial charge in [0.15, 0.2) is 11.5 Å². The molecule has 0 heterocycles. The number of benzene rings is 1. The third-order valence-electron chi connectivity index (χ3n) is 2.33. The summed E-state index contributed by atoms with van der Waals surface area (Å²) >= 11 is 0. The van der Waals surface area contributed by atoms with Crippen LogP contribution in [-0.4, -0.2) is 15.8 Å². The van der Waals surface area contributed by atoms with Crippen LogP contribution in [0, 0.1) is 17.0 Å². The van der Waals surface area contributed by atoms with E-state index in [1.54, 1.807) is 6.92 Å². The van der Waals surface area contributed by atoms with Crippen LogP contribution < -0.4 is 0 Å². The average Bonchev–Trinajstić information content (AvgIpc) is 2.29. The quantitative estimate of drug-likeness (QED) is 0.295. The number of carbonyl (C=O) groups excluding carboxylic acids is 1. The fourth-order valence-electron chi connectivity index (χ4n) is 1.37. The Bertz CT molecular complexity index is 587. The Kier molecular flexibility index (Phi) is 4.46. The van der Waals surface area contributed by atoms with Crippen molar-refractivity contribution < 1.29 is 14.8 Å². The van der Waals surface area contributed by atoms with Gasteiger partial charge in [-0.2, -0.15) is 5.11 Å². The number of aryl methyl sites for hydroxylation is 1. The van der Waals surface area contributed by atoms with Gasteiger partial charge in [0, 0.05) is 19.1 Å². The minimum atomic E-state index is -0.507. The van der Waals surface area contributed by atoms with Gasteiger partial charge in [0.25, 0.3) is 5.69 Å². The fourth-order valence-corrected chi connectivity index (χ4v) is 1.37. The maximum absolute atomic E-state index is 11.2. The van der Waals surface area contributed by atoms with Gasteiger partial charge in [-0.15, -0.1) is 5.11 Å². The van der Waals surface area contributed by atoms with Crippen LogP contribution >= 0.6 is 0 Å². The Morgan fingerprint density at radius 3 is 2.42 bits per heavy atom. The zero-order valence-electron chi connectivity index (χ0n) is 10.7. The monoisotopic (exact) mass is 263 g/mol. The molecule has 7 nitrogen and oxygen atoms in total. The van der Waals surface area contributed by atoms with Crippen molar-refractivity contribution in [1.29, 1.82) is 0 Å². The molecule has 0 amide bonds. The Morgan fingerprint density at radius 2 is 2.00 bits per heavy atom. The first-order valence-corrected chi connectivity index (χ1v) is 5.40. The van der Waals surface area contributed by atoms with E-state index in [9.17, 15) is 20.0 Å². The van der Waals surface area contributed by atoms with Gasteiger partial charge in [0.2, 0.25) is 0 Å². The van der Waals surface area contributed by atoms with E-state index in [4.69, 9.17) is 0 Å². The highest BCUT2D eigenvalue weighted by Crippen LogP contribution is 2.24. The van der Waals surface area contributed by atoms with Crippen molar-refractivity contribution in [3.63, 3.8) is 0 Å². The molecule has 0 aromatic heterocycles. The number of hydrogen-bond donors (Lipinski definition) is 1. The lowest BCUT2D eigenvalue weighted by molar-refractivity contribution is -0.384. The summed E-state index contributed by atoms with van der Waals surface area (Å²) in [6.45, 7) is 4.24. The second-order valence-corrected chi connectivity index (χ2v) is 3.92. The van der Waals surface area contributed by atoms with Crippen LogP contribution in [0.2, 0.25) is 0 Å². The second-order valence-electron chi connectivity index (χ2n) is 3.92. The number of non-ortho nitro benzene ring substituents is 1. The fraction of sp³-hybridized carbons (Fsp3) is 0.250. The molecule has 0 aliphatic rings. The van der Waals surface area contributed by atoms with E-state index in [0.29, 0.717) is 11.3 Å². The van der Waals surface area contributed by atoms with Gasteiger partial charge in [-0.3, -0.25) is 14.9 Å². The minimum Gasteiger partial charge on any atom is -0.510 e. The van der Waals surface area contributed by atoms with Gasteiger partial charge >= 0.3 is 0 Å². The molecule has 19 heavy (non-hydrogen) atoms. The Balaban J connectivity index is 3.10. The highest BCUT2D eigenvalue weighted by atomic mass is 16.6. The number of aliphatic hydroxyl groups is 1. The van der Waals surface area contributed by atoms with Crippen molar-refractivity contribution in [1.82, 2.24) is 0 Å². The van der Waals surface area contributed by atoms with Crippen molar-refractivity contribution in [2.24, 2.45) is 10.2 Å². The van der Waals surface area contributed by atoms with E-state index in [1.165, 1.54) is 32.0 Å². The molecule has 0 atom stereocenters. The Hall–Kier alpha value is -2.57. The summed E-state index contributed by atoms with van der Waals surface area (Å²) < 4.78 is 0. The molecular formula is C12H13N3O4. The summed E-state index contributed by atoms with van der Waals surface area (Å²) in [4.78, 5) is 21.2. The van der Waals surface area contributed by atoms with Gasteiger partial charge in [0.1, 0.15) is 5.76 Å². The lowest BCUT2D eigenvalue weighted by Gasteiger charge is -2.00. The van der Waals surface area contributed by atoms with Crippen LogP contribution in [-0.2, 0) is 4.79 Å². The predicted octanol–water partition coefficient (Wildman–Crippen LogP) is 3.37. The molecule has 100 valence electrons. The van der Waals surface area contributed by atoms with Gasteiger partial charge in [-0.25, -0.2) is 0 Å². The molecule has 7 heteroatoms. The molecule has 0 saturated heterocycles. The topological polar surface area (TPSA) is 105 Å². The molecule has 0 aliphatic heterocycles. The number of hydrogen-bond acceptors (Lipinski definition) is 6. The van der Waals surface area contributed by atoms with Crippen LogP contribution in [0.25, 0.3) is 0 Å². The Labute approximate surface area is 109 Å². The van der Waals surface area contributed by atoms with Crippen LogP contribution in [0.15, 0.2) is 39.9 Å². The van der Waals surface area contributed by atoms with Crippen molar-refractivity contribution >= 4 is 17.2 Å². The summed E-state index contributed by atoms with van der Waals surface area (Å²) in [7, 11) is 0. The lowest BCUT2D eigenvalue weighted by atomic mass is 10.2. The molecule has 0 aliphatic carbocycles. The van der Waals surface area contributed by atoms with Crippen LogP contribution in [0.4, 0.5) is 11.4 Å². The van der Waals surface area contributed by atoms with E-state index >= 15 is 0 Å². The number of Topliss-reactive ketones (excluding diaryl/α,β-unsaturated/α-hetero) is 1. The number of aliphatic hydroxyl groups excluding tert-OH is 1. The molecule has 0 bridgehead atoms. The number of azo groups is 1. The largest absolute Gasteiger partial charge is 0.510 e. The SMILES string of the molecule is CC(=O)/C(N=Nc1ccc([N+](=O)[O-])cc1C)=C(/C)O. The third-order valence-corrected chi connectivity index (χ3v) is 2.33. The predicted molar refractivity (Wildman–Crippen MR) is 68.4 cm³/mol. The van der Waals surface area contributed by atoms with Crippen molar-refractivity contribution in [3.05, 3.63) is 45.3 Å². The molecule has 0 spiro atoms. The van der Waals surface area contributed by atoms with Crippen LogP contribution in [0.1, 0.15) is 19.4 Å². The first-order chi connectivity index (χ1) is 8.82. The Morgan fingerprint density at radius 1 is 1.37 bits per heavy atom. The summed E-state index contributed by atoms with van der Waals surface area (Å²) in [6.07, 6.45) is 0. The van der Waals surface area contributed by atoms with Crippen molar-refractivity contribution in [2.75, 3.05) is 0 Å². The van der Waals surface area contributed by atoms with Gasteiger partial charge in [0.05, 0.1) is 10.6 Å². The molecule has 0 fully saturated rings. The van der Waals surface area contributed by atoms with E-state index in [-0.39, 0.29) is 17.1 Å². The minimum absolute atomic E-state index is 0.0443. The molecule has 0 unspecified atom stereocenters. The first kappa shape index (κ1) is 14.5. The average molecular weight is 263 g/mol. The first-order valence-electron chi connectivity index (χ1n) is 5.40. The smallest absolute Gasteiger partial charge is 0.269 e. The van der Waals surface area contributed by atoms with Crippen LogP contribution in [0.5, 0.6) is 0 Å². The number of nitro benzene ring substituents is 1. The van der Waals surface area contributed by atoms with E-state index in [1.807, 2.05) is 0 Å². The normalized spacial score (nSPS) is 12.4. The maximum Gasteiger partial charge on any atom is 0.269 e. The van der Waals surface area contributed by atoms with Gasteiger partial charge < -0.3 is 5.11 Å². The number of rotatable bonds is 4. The summed E-state index contributed by atoms with van der Waals surface area (Å²) in [6, 6.07) is 4.09. The molecule has 0 radical (unpaired) electrons. The lowest BCUT2D eigenvalue weighted by Crippen LogP contribution is -1.96. The summed E-state index contributed by atoms with van der Waals surface area (Å²) in [5, 5.41) is 27.3. The van der Waals surface area contributed by atoms with Gasteiger partial charge in [-0.1, -0.05) is 0 Å². The number of carbonyl (C=O) groups is 1. The molecule has 1 aromatic rings. The van der Waals surface area contributed by atoms with E-state index in [0.717, 1.165) is 0 Å². The number of allylic oxidation sites excluding steroid dienone is 2. The number of nitro groups is 1. The second kappa shape index (κ2) is 5.85. The molecule has 0 saturated carbocycles. The summed E-state index contributed by atoms with van der Waals surface area (Å²) in [5.74, 6) is -0.640. The molecule has 1 N–H and O–H groups in total.